The van der Waals surface area contributed by atoms with Crippen molar-refractivity contribution in [2.45, 2.75) is 71.9 Å². The molecule has 3 rings (SSSR count). The van der Waals surface area contributed by atoms with Crippen LogP contribution in [0, 0.1) is 5.92 Å². The third kappa shape index (κ3) is 5.98. The van der Waals surface area contributed by atoms with Crippen LogP contribution in [0.4, 0.5) is 0 Å². The van der Waals surface area contributed by atoms with E-state index in [-0.39, 0.29) is 17.5 Å². The summed E-state index contributed by atoms with van der Waals surface area (Å²) >= 11 is 0. The van der Waals surface area contributed by atoms with Crippen LogP contribution in [0.2, 0.25) is 0 Å². The summed E-state index contributed by atoms with van der Waals surface area (Å²) < 4.78 is 0. The van der Waals surface area contributed by atoms with Gasteiger partial charge in [-0.05, 0) is 59.9 Å². The molecule has 1 fully saturated rings. The van der Waals surface area contributed by atoms with Crippen molar-refractivity contribution in [3.63, 3.8) is 0 Å². The van der Waals surface area contributed by atoms with Gasteiger partial charge in [0.2, 0.25) is 5.91 Å². The molecule has 0 spiro atoms. The highest BCUT2D eigenvalue weighted by molar-refractivity contribution is 5.81. The monoisotopic (exact) mass is 420 g/mol. The second kappa shape index (κ2) is 9.99. The van der Waals surface area contributed by atoms with Crippen molar-refractivity contribution < 1.29 is 4.79 Å². The predicted octanol–water partition coefficient (Wildman–Crippen LogP) is 5.98. The number of hydrogen-bond acceptors (Lipinski definition) is 2. The lowest BCUT2D eigenvalue weighted by molar-refractivity contribution is -0.128. The molecule has 1 amide bonds. The Balaban J connectivity index is 1.65. The van der Waals surface area contributed by atoms with Gasteiger partial charge in [0.25, 0.3) is 0 Å². The molecule has 2 unspecified atom stereocenters. The van der Waals surface area contributed by atoms with Crippen molar-refractivity contribution >= 4 is 5.91 Å². The van der Waals surface area contributed by atoms with Crippen LogP contribution < -0.4 is 0 Å². The summed E-state index contributed by atoms with van der Waals surface area (Å²) in [4.78, 5) is 16.9. The van der Waals surface area contributed by atoms with E-state index < -0.39 is 0 Å². The van der Waals surface area contributed by atoms with Gasteiger partial charge in [0.1, 0.15) is 6.17 Å². The van der Waals surface area contributed by atoms with E-state index >= 15 is 0 Å². The Morgan fingerprint density at radius 3 is 2.10 bits per heavy atom. The molecule has 3 nitrogen and oxygen atoms in total. The maximum absolute atomic E-state index is 12.7. The van der Waals surface area contributed by atoms with E-state index in [9.17, 15) is 4.79 Å². The van der Waals surface area contributed by atoms with Crippen LogP contribution >= 0.6 is 0 Å². The second-order valence-corrected chi connectivity index (χ2v) is 10.4. The molecule has 0 bridgehead atoms. The molecule has 0 N–H and O–H groups in total. The van der Waals surface area contributed by atoms with Crippen LogP contribution in [0.5, 0.6) is 0 Å². The summed E-state index contributed by atoms with van der Waals surface area (Å²) in [6, 6.07) is 17.8. The molecule has 0 saturated carbocycles. The van der Waals surface area contributed by atoms with Crippen molar-refractivity contribution in [2.75, 3.05) is 20.1 Å². The highest BCUT2D eigenvalue weighted by Crippen LogP contribution is 2.31. The lowest BCUT2D eigenvalue weighted by Gasteiger charge is -2.29. The number of aryl methyl sites for hydroxylation is 1. The number of benzene rings is 2. The summed E-state index contributed by atoms with van der Waals surface area (Å²) in [5.74, 6) is 1.00. The van der Waals surface area contributed by atoms with Gasteiger partial charge >= 0.3 is 0 Å². The molecule has 0 aromatic heterocycles. The van der Waals surface area contributed by atoms with E-state index in [1.54, 1.807) is 0 Å². The molecule has 3 heteroatoms. The summed E-state index contributed by atoms with van der Waals surface area (Å²) in [6.45, 7) is 12.5. The number of carbonyl (C=O) groups is 1. The van der Waals surface area contributed by atoms with Crippen molar-refractivity contribution in [1.82, 2.24) is 9.80 Å². The number of nitrogens with zero attached hydrogens (tertiary/aromatic N) is 2. The van der Waals surface area contributed by atoms with E-state index in [1.807, 2.05) is 11.9 Å². The zero-order valence-electron chi connectivity index (χ0n) is 20.3. The van der Waals surface area contributed by atoms with Crippen LogP contribution in [0.25, 0.3) is 0 Å². The van der Waals surface area contributed by atoms with E-state index in [2.05, 4.69) is 88.0 Å². The van der Waals surface area contributed by atoms with E-state index in [0.717, 1.165) is 25.3 Å². The van der Waals surface area contributed by atoms with E-state index in [1.165, 1.54) is 35.1 Å². The Kier molecular flexibility index (Phi) is 7.59. The fraction of sp³-hybridized carbons (Fsp3) is 0.536. The predicted molar refractivity (Wildman–Crippen MR) is 130 cm³/mol. The number of likely N-dealkylation sites (N-methyl/N-ethyl adjacent to an activating group) is 1. The minimum absolute atomic E-state index is 0.0244. The van der Waals surface area contributed by atoms with Gasteiger partial charge in [-0.25, -0.2) is 0 Å². The maximum Gasteiger partial charge on any atom is 0.238 e. The zero-order chi connectivity index (χ0) is 22.6. The highest BCUT2D eigenvalue weighted by atomic mass is 16.2. The van der Waals surface area contributed by atoms with Gasteiger partial charge < -0.3 is 4.90 Å². The Morgan fingerprint density at radius 1 is 0.968 bits per heavy atom. The third-order valence-corrected chi connectivity index (χ3v) is 6.78. The SMILES string of the molecule is CCC(C)CCc1ccc(CCN2C(=O)CN(C)C2c2ccc(C(C)(C)C)cc2)cc1. The second-order valence-electron chi connectivity index (χ2n) is 10.4. The van der Waals surface area contributed by atoms with Crippen LogP contribution in [-0.2, 0) is 23.1 Å². The van der Waals surface area contributed by atoms with Gasteiger partial charge in [0.05, 0.1) is 6.54 Å². The zero-order valence-corrected chi connectivity index (χ0v) is 20.3. The minimum atomic E-state index is 0.0244. The van der Waals surface area contributed by atoms with Crippen LogP contribution in [0.3, 0.4) is 0 Å². The van der Waals surface area contributed by atoms with Gasteiger partial charge in [-0.2, -0.15) is 0 Å². The maximum atomic E-state index is 12.7. The molecular weight excluding hydrogens is 380 g/mol. The molecule has 2 aromatic rings. The highest BCUT2D eigenvalue weighted by Gasteiger charge is 2.36. The first-order chi connectivity index (χ1) is 14.7. The fourth-order valence-corrected chi connectivity index (χ4v) is 4.34. The average Bonchev–Trinajstić information content (AvgIpc) is 3.03. The van der Waals surface area contributed by atoms with Gasteiger partial charge in [0.15, 0.2) is 0 Å². The molecule has 2 aromatic carbocycles. The number of rotatable bonds is 8. The van der Waals surface area contributed by atoms with Crippen molar-refractivity contribution in [3.05, 3.63) is 70.8 Å². The van der Waals surface area contributed by atoms with Crippen LogP contribution in [0.15, 0.2) is 48.5 Å². The van der Waals surface area contributed by atoms with Crippen LogP contribution in [0.1, 0.15) is 75.9 Å². The van der Waals surface area contributed by atoms with Crippen molar-refractivity contribution in [3.8, 4) is 0 Å². The van der Waals surface area contributed by atoms with Gasteiger partial charge in [-0.15, -0.1) is 0 Å². The first-order valence-electron chi connectivity index (χ1n) is 11.9. The molecule has 1 aliphatic heterocycles. The molecule has 1 saturated heterocycles. The van der Waals surface area contributed by atoms with Gasteiger partial charge in [-0.1, -0.05) is 89.6 Å². The molecule has 2 atom stereocenters. The molecule has 0 radical (unpaired) electrons. The summed E-state index contributed by atoms with van der Waals surface area (Å²) in [7, 11) is 2.05. The summed E-state index contributed by atoms with van der Waals surface area (Å²) in [6.07, 6.45) is 4.56. The Bertz CT molecular complexity index is 848. The molecule has 1 aliphatic rings. The standard InChI is InChI=1S/C28H40N2O/c1-7-21(2)8-9-22-10-12-23(13-11-22)18-19-30-26(31)20-29(6)27(30)24-14-16-25(17-15-24)28(3,4)5/h10-17,21,27H,7-9,18-20H2,1-6H3. The van der Waals surface area contributed by atoms with Crippen LogP contribution in [-0.4, -0.2) is 35.8 Å². The Labute approximate surface area is 189 Å². The Morgan fingerprint density at radius 2 is 1.55 bits per heavy atom. The van der Waals surface area contributed by atoms with Crippen molar-refractivity contribution in [1.29, 1.82) is 0 Å². The molecule has 31 heavy (non-hydrogen) atoms. The number of amides is 1. The van der Waals surface area contributed by atoms with E-state index in [4.69, 9.17) is 0 Å². The smallest absolute Gasteiger partial charge is 0.238 e. The summed E-state index contributed by atoms with van der Waals surface area (Å²) in [5, 5.41) is 0. The van der Waals surface area contributed by atoms with Crippen molar-refractivity contribution in [2.24, 2.45) is 5.92 Å². The number of hydrogen-bond donors (Lipinski definition) is 0. The fourth-order valence-electron chi connectivity index (χ4n) is 4.34. The third-order valence-electron chi connectivity index (χ3n) is 6.78. The lowest BCUT2D eigenvalue weighted by Crippen LogP contribution is -2.32. The molecular formula is C28H40N2O. The minimum Gasteiger partial charge on any atom is -0.321 e. The quantitative estimate of drug-likeness (QED) is 0.524. The molecule has 168 valence electrons. The number of carbonyl (C=O) groups excluding carboxylic acids is 1. The largest absolute Gasteiger partial charge is 0.321 e. The van der Waals surface area contributed by atoms with E-state index in [0.29, 0.717) is 6.54 Å². The first kappa shape index (κ1) is 23.5. The Hall–Kier alpha value is -2.13. The average molecular weight is 421 g/mol. The molecule has 0 aliphatic carbocycles. The topological polar surface area (TPSA) is 23.6 Å². The molecule has 1 heterocycles. The summed E-state index contributed by atoms with van der Waals surface area (Å²) in [5.41, 5.74) is 5.37. The van der Waals surface area contributed by atoms with Gasteiger partial charge in [-0.3, -0.25) is 9.69 Å². The lowest BCUT2D eigenvalue weighted by atomic mass is 9.86. The first-order valence-corrected chi connectivity index (χ1v) is 11.9. The van der Waals surface area contributed by atoms with Gasteiger partial charge in [0, 0.05) is 6.54 Å². The normalized spacial score (nSPS) is 18.6.